The van der Waals surface area contributed by atoms with Gasteiger partial charge in [0.1, 0.15) is 46.0 Å². The molecule has 0 radical (unpaired) electrons. The van der Waals surface area contributed by atoms with E-state index >= 15 is 0 Å². The lowest BCUT2D eigenvalue weighted by molar-refractivity contribution is -0.121. The largest absolute Gasteiger partial charge is 0.508 e. The SMILES string of the molecule is CCC(=O)c1ccc(OC)cc1.CCCCOc1ccc2[nH]c(-c3ccc(OC)cc3)c(C)c2c1.CCCCOc1ccc2c(c1)c(C)c(-c1ccc(OC)cc1)n2Cc1ccc(CC(=O)NCC)cc1.CCNC(=O)Cc1ccc(CBr)cc1.CCNCCc1ccc(Cn2c(-c3ccc(OC)cc3)c(C)c3cc(O)ccc32)cc1.COc1ccc(C(=O)C(C)Br)cc1.Cc1ccc(N)cc1. The number of hydrogen-bond donors (Lipinski definition) is 6. The predicted molar refractivity (Wildman–Crippen MR) is 571 cm³/mol. The molecule has 720 valence electrons. The Labute approximate surface area is 826 Å². The molecule has 7 N–H and O–H groups in total. The highest BCUT2D eigenvalue weighted by Gasteiger charge is 2.21. The zero-order valence-electron chi connectivity index (χ0n) is 82.2. The van der Waals surface area contributed by atoms with Crippen LogP contribution in [0.15, 0.2) is 273 Å². The number of phenols is 1. The molecule has 19 nitrogen and oxygen atoms in total. The van der Waals surface area contributed by atoms with Crippen LogP contribution in [0.4, 0.5) is 5.69 Å². The molecule has 137 heavy (non-hydrogen) atoms. The molecule has 1 unspecified atom stereocenters. The Bertz CT molecular complexity index is 6220. The number of ketones is 2. The molecule has 0 fully saturated rings. The number of aromatic hydroxyl groups is 1. The molecule has 12 aromatic carbocycles. The van der Waals surface area contributed by atoms with Gasteiger partial charge in [-0.05, 0) is 336 Å². The molecule has 15 aromatic rings. The molecule has 0 spiro atoms. The summed E-state index contributed by atoms with van der Waals surface area (Å²) in [6.45, 7) is 28.8. The van der Waals surface area contributed by atoms with E-state index < -0.39 is 0 Å². The number of ether oxygens (including phenoxy) is 7. The average Bonchev–Trinajstić information content (AvgIpc) is 1.61. The predicted octanol–water partition coefficient (Wildman–Crippen LogP) is 26.2. The first-order valence-corrected chi connectivity index (χ1v) is 49.0. The summed E-state index contributed by atoms with van der Waals surface area (Å²) in [4.78, 5) is 49.2. The maximum atomic E-state index is 12.0. The molecule has 0 saturated carbocycles. The molecule has 2 amide bonds. The number of aromatic amines is 1. The van der Waals surface area contributed by atoms with Crippen molar-refractivity contribution in [2.75, 3.05) is 80.7 Å². The van der Waals surface area contributed by atoms with E-state index in [9.17, 15) is 24.3 Å². The summed E-state index contributed by atoms with van der Waals surface area (Å²) in [5, 5.41) is 23.4. The number of halogens is 2. The van der Waals surface area contributed by atoms with Gasteiger partial charge in [-0.1, -0.05) is 163 Å². The monoisotopic (exact) mass is 1980 g/mol. The van der Waals surface area contributed by atoms with Crippen molar-refractivity contribution in [2.24, 2.45) is 0 Å². The summed E-state index contributed by atoms with van der Waals surface area (Å²) in [5.74, 6) is 6.62. The summed E-state index contributed by atoms with van der Waals surface area (Å²) in [6.07, 6.45) is 6.84. The fourth-order valence-corrected chi connectivity index (χ4v) is 15.9. The Balaban J connectivity index is 0.000000189. The third-order valence-electron chi connectivity index (χ3n) is 23.0. The Kier molecular flexibility index (Phi) is 44.1. The third-order valence-corrected chi connectivity index (χ3v) is 24.1. The number of fused-ring (bicyclic) bond motifs is 3. The van der Waals surface area contributed by atoms with Crippen LogP contribution in [0.5, 0.6) is 46.0 Å². The number of methoxy groups -OCH3 is 5. The maximum absolute atomic E-state index is 12.0. The third kappa shape index (κ3) is 32.4. The highest BCUT2D eigenvalue weighted by Crippen LogP contribution is 2.40. The van der Waals surface area contributed by atoms with E-state index in [-0.39, 0.29) is 28.2 Å². The van der Waals surface area contributed by atoms with Gasteiger partial charge < -0.3 is 74.1 Å². The van der Waals surface area contributed by atoms with Gasteiger partial charge in [0.2, 0.25) is 11.8 Å². The van der Waals surface area contributed by atoms with Gasteiger partial charge in [0, 0.05) is 93.1 Å². The number of rotatable bonds is 35. The Morgan fingerprint density at radius 3 is 1.22 bits per heavy atom. The molecular weight excluding hydrogens is 1840 g/mol. The Morgan fingerprint density at radius 1 is 0.423 bits per heavy atom. The van der Waals surface area contributed by atoms with Crippen LogP contribution in [0.1, 0.15) is 157 Å². The Hall–Kier alpha value is -13.3. The van der Waals surface area contributed by atoms with Crippen LogP contribution < -0.4 is 54.8 Å². The number of benzene rings is 12. The standard InChI is InChI=1S/C31H36N2O3.C27H30N2O2.C20H23NO2.C11H14BrNO.C10H11BrO2.C10H12O2.C7H9N/c1-5-7-18-36-27-16-17-29-28(20-27)22(3)31(25-12-14-26(35-4)15-13-25)33(29)21-24-10-8-23(9-11-24)19-30(34)32-6-2;1-4-28-16-15-20-5-7-21(8-6-20)18-29-26-14-11-23(30)17-25(26)19(2)27(29)22-9-12-24(31-3)13-10-22;1-4-5-12-23-17-10-11-19-18(13-17)14(2)20(21-19)15-6-8-16(22-3)9-7-15;1-2-13-11(14)7-9-3-5-10(8-12)6-4-9;1-7(11)10(12)8-3-5-9(13-2)6-4-8;1-3-10(11)8-4-6-9(12-2)7-5-8;1-6-2-4-7(8)5-3-6/h8-17,20H,5-7,18-19,21H2,1-4H3,(H,32,34);5-14,17,28,30H,4,15-16,18H2,1-3H3;6-11,13,21H,4-5,12H2,1-3H3;3-6H,2,7-8H2,1H3,(H,13,14);3-7H,1-2H3;4-7H,3H2,1-2H3;2-5H,8H2,1H3. The number of phenolic OH excluding ortho intramolecular Hbond substituents is 1. The van der Waals surface area contributed by atoms with Crippen molar-refractivity contribution in [1.82, 2.24) is 30.1 Å². The highest BCUT2D eigenvalue weighted by atomic mass is 79.9. The number of carbonyl (C=O) groups excluding carboxylic acids is 4. The van der Waals surface area contributed by atoms with E-state index in [1.54, 1.807) is 90.1 Å². The van der Waals surface area contributed by atoms with Gasteiger partial charge in [0.05, 0.1) is 77.8 Å². The lowest BCUT2D eigenvalue weighted by Gasteiger charge is -2.13. The van der Waals surface area contributed by atoms with Crippen LogP contribution in [0.3, 0.4) is 0 Å². The zero-order chi connectivity index (χ0) is 98.7. The van der Waals surface area contributed by atoms with Crippen LogP contribution in [0, 0.1) is 27.7 Å². The fourth-order valence-electron chi connectivity index (χ4n) is 15.3. The number of H-pyrrole nitrogens is 1. The zero-order valence-corrected chi connectivity index (χ0v) is 85.4. The molecule has 0 saturated heterocycles. The van der Waals surface area contributed by atoms with E-state index in [0.717, 1.165) is 178 Å². The number of carbonyl (C=O) groups is 4. The van der Waals surface area contributed by atoms with E-state index in [2.05, 4.69) is 219 Å². The number of nitrogen functional groups attached to an aromatic ring is 1. The number of unbranched alkanes of at least 4 members (excludes halogenated alkanes) is 2. The lowest BCUT2D eigenvalue weighted by Crippen LogP contribution is -2.24. The minimum absolute atomic E-state index is 0.0519. The highest BCUT2D eigenvalue weighted by molar-refractivity contribution is 9.10. The van der Waals surface area contributed by atoms with Crippen LogP contribution >= 0.6 is 31.9 Å². The average molecular weight is 1980 g/mol. The number of hydrogen-bond acceptors (Lipinski definition) is 14. The van der Waals surface area contributed by atoms with Crippen molar-refractivity contribution in [3.05, 3.63) is 340 Å². The first-order chi connectivity index (χ1) is 66.3. The molecule has 0 aliphatic carbocycles. The van der Waals surface area contributed by atoms with Gasteiger partial charge in [0.25, 0.3) is 0 Å². The molecular formula is C116H135Br2N7O12. The smallest absolute Gasteiger partial charge is 0.224 e. The maximum Gasteiger partial charge on any atom is 0.224 e. The van der Waals surface area contributed by atoms with Crippen molar-refractivity contribution in [3.63, 3.8) is 0 Å². The fraction of sp³-hybridized carbons (Fsp3) is 0.293. The van der Waals surface area contributed by atoms with Crippen LogP contribution in [-0.4, -0.2) is 122 Å². The summed E-state index contributed by atoms with van der Waals surface area (Å²) >= 11 is 6.61. The van der Waals surface area contributed by atoms with Crippen molar-refractivity contribution in [1.29, 1.82) is 0 Å². The van der Waals surface area contributed by atoms with Crippen LogP contribution in [-0.2, 0) is 47.3 Å². The second-order valence-corrected chi connectivity index (χ2v) is 34.9. The second-order valence-electron chi connectivity index (χ2n) is 33.0. The topological polar surface area (TPSA) is 241 Å². The molecule has 1 atom stereocenters. The quantitative estimate of drug-likeness (QED) is 0.00937. The number of nitrogens with two attached hydrogens (primary N) is 1. The van der Waals surface area contributed by atoms with Gasteiger partial charge in [0.15, 0.2) is 11.6 Å². The van der Waals surface area contributed by atoms with Gasteiger partial charge in [-0.2, -0.15) is 0 Å². The number of amides is 2. The first-order valence-electron chi connectivity index (χ1n) is 46.9. The summed E-state index contributed by atoms with van der Waals surface area (Å²) < 4.78 is 42.5. The van der Waals surface area contributed by atoms with Gasteiger partial charge in [-0.25, -0.2) is 0 Å². The van der Waals surface area contributed by atoms with Gasteiger partial charge >= 0.3 is 0 Å². The van der Waals surface area contributed by atoms with Crippen molar-refractivity contribution >= 4 is 93.6 Å². The molecule has 15 rings (SSSR count). The number of Topliss-reactive ketones (excluding diaryl/α,β-unsaturated/α-hetero) is 2. The van der Waals surface area contributed by atoms with Crippen LogP contribution in [0.2, 0.25) is 0 Å². The minimum Gasteiger partial charge on any atom is -0.508 e. The van der Waals surface area contributed by atoms with E-state index in [1.165, 1.54) is 72.2 Å². The number of likely N-dealkylation sites (N-methyl/N-ethyl adjacent to an activating group) is 3. The summed E-state index contributed by atoms with van der Waals surface area (Å²) in [6, 6.07) is 90.2. The second kappa shape index (κ2) is 56.2. The van der Waals surface area contributed by atoms with E-state index in [0.29, 0.717) is 43.7 Å². The molecule has 21 heteroatoms. The summed E-state index contributed by atoms with van der Waals surface area (Å²) in [7, 11) is 8.26. The normalized spacial score (nSPS) is 10.8. The van der Waals surface area contributed by atoms with E-state index in [1.807, 2.05) is 138 Å². The van der Waals surface area contributed by atoms with Crippen molar-refractivity contribution in [3.8, 4) is 79.8 Å². The molecule has 0 aliphatic heterocycles. The lowest BCUT2D eigenvalue weighted by atomic mass is 10.1. The number of nitrogens with zero attached hydrogens (tertiary/aromatic N) is 2. The number of alkyl halides is 2. The van der Waals surface area contributed by atoms with Crippen molar-refractivity contribution < 1.29 is 57.4 Å². The molecule has 3 heterocycles. The number of aromatic nitrogens is 3. The first kappa shape index (κ1) is 107. The number of anilines is 1. The Morgan fingerprint density at radius 2 is 0.810 bits per heavy atom. The number of nitrogens with one attached hydrogen (secondary N) is 4. The minimum atomic E-state index is -0.138. The molecule has 3 aromatic heterocycles. The van der Waals surface area contributed by atoms with Gasteiger partial charge in [-0.15, -0.1) is 0 Å². The molecule has 0 bridgehead atoms. The van der Waals surface area contributed by atoms with E-state index in [4.69, 9.17) is 38.9 Å². The van der Waals surface area contributed by atoms with Crippen molar-refractivity contribution in [2.45, 2.75) is 151 Å². The molecule has 0 aliphatic rings. The van der Waals surface area contributed by atoms with Gasteiger partial charge in [-0.3, -0.25) is 19.2 Å². The summed E-state index contributed by atoms with van der Waals surface area (Å²) in [5.41, 5.74) is 30.0. The van der Waals surface area contributed by atoms with Crippen LogP contribution in [0.25, 0.3) is 66.5 Å². The number of aryl methyl sites for hydroxylation is 4.